The van der Waals surface area contributed by atoms with E-state index in [1.807, 2.05) is 0 Å². The molecule has 1 heterocycles. The molecule has 9 heteroatoms. The van der Waals surface area contributed by atoms with E-state index in [9.17, 15) is 13.2 Å². The van der Waals surface area contributed by atoms with Crippen LogP contribution in [0.4, 0.5) is 11.5 Å². The van der Waals surface area contributed by atoms with Crippen molar-refractivity contribution in [1.29, 1.82) is 0 Å². The van der Waals surface area contributed by atoms with Crippen molar-refractivity contribution in [3.8, 4) is 0 Å². The summed E-state index contributed by atoms with van der Waals surface area (Å²) in [5.74, 6) is -0.230. The molecule has 2 aromatic carbocycles. The Morgan fingerprint density at radius 3 is 2.32 bits per heavy atom. The molecule has 0 aliphatic heterocycles. The molecule has 6 nitrogen and oxygen atoms in total. The average molecular weight is 436 g/mol. The van der Waals surface area contributed by atoms with Crippen molar-refractivity contribution in [2.24, 2.45) is 0 Å². The van der Waals surface area contributed by atoms with Gasteiger partial charge in [0.2, 0.25) is 0 Å². The van der Waals surface area contributed by atoms with Gasteiger partial charge in [-0.05, 0) is 54.6 Å². The lowest BCUT2D eigenvalue weighted by atomic mass is 10.2. The van der Waals surface area contributed by atoms with Gasteiger partial charge in [0.1, 0.15) is 5.82 Å². The van der Waals surface area contributed by atoms with Crippen LogP contribution in [0.2, 0.25) is 10.0 Å². The Bertz CT molecular complexity index is 1100. The Kier molecular flexibility index (Phi) is 5.88. The predicted octanol–water partition coefficient (Wildman–Crippen LogP) is 4.47. The molecule has 0 atom stereocenters. The fourth-order valence-electron chi connectivity index (χ4n) is 2.37. The van der Waals surface area contributed by atoms with Gasteiger partial charge in [-0.2, -0.15) is 0 Å². The van der Waals surface area contributed by atoms with Crippen LogP contribution in [0.1, 0.15) is 10.4 Å². The normalized spacial score (nSPS) is 11.1. The highest BCUT2D eigenvalue weighted by molar-refractivity contribution is 7.92. The summed E-state index contributed by atoms with van der Waals surface area (Å²) >= 11 is 11.6. The summed E-state index contributed by atoms with van der Waals surface area (Å²) in [5, 5.41) is 3.64. The molecule has 0 aliphatic rings. The summed E-state index contributed by atoms with van der Waals surface area (Å²) in [5.41, 5.74) is 0.749. The van der Waals surface area contributed by atoms with Crippen molar-refractivity contribution in [1.82, 2.24) is 4.98 Å². The van der Waals surface area contributed by atoms with Crippen molar-refractivity contribution in [3.05, 3.63) is 82.5 Å². The highest BCUT2D eigenvalue weighted by Gasteiger charge is 2.23. The molecule has 0 fully saturated rings. The van der Waals surface area contributed by atoms with Crippen LogP contribution in [0.3, 0.4) is 0 Å². The number of nitrogens with zero attached hydrogens (tertiary/aromatic N) is 2. The summed E-state index contributed by atoms with van der Waals surface area (Å²) in [6, 6.07) is 15.4. The fourth-order valence-corrected chi connectivity index (χ4v) is 3.80. The number of nitrogens with one attached hydrogen (secondary N) is 1. The van der Waals surface area contributed by atoms with E-state index in [4.69, 9.17) is 23.2 Å². The lowest BCUT2D eigenvalue weighted by Crippen LogP contribution is -2.27. The number of pyridine rings is 1. The quantitative estimate of drug-likeness (QED) is 0.640. The number of carbonyl (C=O) groups is 1. The van der Waals surface area contributed by atoms with E-state index < -0.39 is 15.9 Å². The smallest absolute Gasteiger partial charge is 0.265 e. The largest absolute Gasteiger partial charge is 0.322 e. The van der Waals surface area contributed by atoms with Crippen LogP contribution in [-0.2, 0) is 10.0 Å². The second kappa shape index (κ2) is 8.18. The van der Waals surface area contributed by atoms with Gasteiger partial charge in [0, 0.05) is 29.5 Å². The first-order valence-corrected chi connectivity index (χ1v) is 10.2. The highest BCUT2D eigenvalue weighted by Crippen LogP contribution is 2.22. The zero-order chi connectivity index (χ0) is 20.3. The zero-order valence-corrected chi connectivity index (χ0v) is 17.0. The molecule has 28 heavy (non-hydrogen) atoms. The molecular weight excluding hydrogens is 421 g/mol. The van der Waals surface area contributed by atoms with Crippen molar-refractivity contribution in [2.45, 2.75) is 4.90 Å². The molecule has 0 spiro atoms. The molecule has 3 aromatic rings. The first kappa shape index (κ1) is 20.1. The monoisotopic (exact) mass is 435 g/mol. The maximum atomic E-state index is 12.9. The lowest BCUT2D eigenvalue weighted by Gasteiger charge is -2.18. The number of carbonyl (C=O) groups excluding carboxylic acids is 1. The molecule has 1 aromatic heterocycles. The van der Waals surface area contributed by atoms with Crippen LogP contribution in [0.25, 0.3) is 0 Å². The highest BCUT2D eigenvalue weighted by atomic mass is 35.5. The Morgan fingerprint density at radius 2 is 1.68 bits per heavy atom. The molecule has 1 amide bonds. The standard InChI is InChI=1S/C19H15Cl2N3O3S/c1-24(18-10-7-15(21)12-22-18)28(26,27)17-4-2-3-13(11-17)19(25)23-16-8-5-14(20)6-9-16/h2-12H,1H3,(H,23,25). The van der Waals surface area contributed by atoms with Gasteiger partial charge in [0.15, 0.2) is 0 Å². The Hall–Kier alpha value is -2.61. The van der Waals surface area contributed by atoms with E-state index >= 15 is 0 Å². The topological polar surface area (TPSA) is 79.4 Å². The predicted molar refractivity (Wildman–Crippen MR) is 111 cm³/mol. The SMILES string of the molecule is CN(c1ccc(Cl)cn1)S(=O)(=O)c1cccc(C(=O)Nc2ccc(Cl)cc2)c1. The number of hydrogen-bond donors (Lipinski definition) is 1. The maximum absolute atomic E-state index is 12.9. The summed E-state index contributed by atoms with van der Waals surface area (Å²) in [6.45, 7) is 0. The van der Waals surface area contributed by atoms with E-state index in [1.165, 1.54) is 43.6 Å². The van der Waals surface area contributed by atoms with E-state index in [1.54, 1.807) is 30.3 Å². The van der Waals surface area contributed by atoms with E-state index in [2.05, 4.69) is 10.3 Å². The molecular formula is C19H15Cl2N3O3S. The van der Waals surface area contributed by atoms with E-state index in [-0.39, 0.29) is 16.3 Å². The molecule has 0 radical (unpaired) electrons. The lowest BCUT2D eigenvalue weighted by molar-refractivity contribution is 0.102. The number of halogens is 2. The molecule has 1 N–H and O–H groups in total. The number of rotatable bonds is 5. The van der Waals surface area contributed by atoms with Crippen molar-refractivity contribution in [2.75, 3.05) is 16.7 Å². The third kappa shape index (κ3) is 4.44. The summed E-state index contributed by atoms with van der Waals surface area (Å²) in [7, 11) is -2.53. The number of sulfonamides is 1. The summed E-state index contributed by atoms with van der Waals surface area (Å²) < 4.78 is 26.8. The van der Waals surface area contributed by atoms with Gasteiger partial charge in [-0.15, -0.1) is 0 Å². The van der Waals surface area contributed by atoms with E-state index in [0.717, 1.165) is 4.31 Å². The first-order valence-electron chi connectivity index (χ1n) is 8.05. The third-order valence-electron chi connectivity index (χ3n) is 3.89. The van der Waals surface area contributed by atoms with Crippen LogP contribution in [0.5, 0.6) is 0 Å². The van der Waals surface area contributed by atoms with Crippen LogP contribution < -0.4 is 9.62 Å². The second-order valence-corrected chi connectivity index (χ2v) is 8.64. The first-order chi connectivity index (χ1) is 13.3. The van der Waals surface area contributed by atoms with Gasteiger partial charge in [-0.25, -0.2) is 13.4 Å². The van der Waals surface area contributed by atoms with Crippen LogP contribution in [0, 0.1) is 0 Å². The molecule has 0 bridgehead atoms. The van der Waals surface area contributed by atoms with Crippen molar-refractivity contribution in [3.63, 3.8) is 0 Å². The number of benzene rings is 2. The minimum Gasteiger partial charge on any atom is -0.322 e. The van der Waals surface area contributed by atoms with Crippen LogP contribution in [-0.4, -0.2) is 26.4 Å². The molecule has 144 valence electrons. The fraction of sp³-hybridized carbons (Fsp3) is 0.0526. The molecule has 0 unspecified atom stereocenters. The van der Waals surface area contributed by atoms with E-state index in [0.29, 0.717) is 15.7 Å². The Labute approximate surface area is 172 Å². The number of amides is 1. The van der Waals surface area contributed by atoms with Gasteiger partial charge >= 0.3 is 0 Å². The van der Waals surface area contributed by atoms with Gasteiger partial charge < -0.3 is 5.32 Å². The van der Waals surface area contributed by atoms with Crippen LogP contribution in [0.15, 0.2) is 71.8 Å². The molecule has 0 saturated carbocycles. The summed E-state index contributed by atoms with van der Waals surface area (Å²) in [6.07, 6.45) is 1.36. The molecule has 3 rings (SSSR count). The second-order valence-electron chi connectivity index (χ2n) is 5.80. The maximum Gasteiger partial charge on any atom is 0.265 e. The molecule has 0 aliphatic carbocycles. The Balaban J connectivity index is 1.86. The average Bonchev–Trinajstić information content (AvgIpc) is 2.70. The number of hydrogen-bond acceptors (Lipinski definition) is 4. The zero-order valence-electron chi connectivity index (χ0n) is 14.6. The number of anilines is 2. The third-order valence-corrected chi connectivity index (χ3v) is 6.12. The Morgan fingerprint density at radius 1 is 1.00 bits per heavy atom. The number of aromatic nitrogens is 1. The summed E-state index contributed by atoms with van der Waals surface area (Å²) in [4.78, 5) is 16.5. The van der Waals surface area contributed by atoms with Gasteiger partial charge in [0.05, 0.1) is 9.92 Å². The van der Waals surface area contributed by atoms with Crippen molar-refractivity contribution < 1.29 is 13.2 Å². The molecule has 0 saturated heterocycles. The van der Waals surface area contributed by atoms with Gasteiger partial charge in [-0.3, -0.25) is 9.10 Å². The minimum absolute atomic E-state index is 0.0319. The van der Waals surface area contributed by atoms with Gasteiger partial charge in [0.25, 0.3) is 15.9 Å². The van der Waals surface area contributed by atoms with Crippen molar-refractivity contribution >= 4 is 50.6 Å². The van der Waals surface area contributed by atoms with Crippen LogP contribution >= 0.6 is 23.2 Å². The minimum atomic E-state index is -3.91. The van der Waals surface area contributed by atoms with Gasteiger partial charge in [-0.1, -0.05) is 29.3 Å².